The Morgan fingerprint density at radius 3 is 2.79 bits per heavy atom. The summed E-state index contributed by atoms with van der Waals surface area (Å²) in [6, 6.07) is 16.9. The second-order valence-electron chi connectivity index (χ2n) is 6.37. The molecule has 2 heterocycles. The number of amides is 1. The lowest BCUT2D eigenvalue weighted by molar-refractivity contribution is 0.0945. The average molecular weight is 376 g/mol. The maximum absolute atomic E-state index is 12.3. The molecule has 1 atom stereocenters. The van der Waals surface area contributed by atoms with Gasteiger partial charge in [0.25, 0.3) is 5.91 Å². The number of rotatable bonds is 5. The molecule has 28 heavy (non-hydrogen) atoms. The van der Waals surface area contributed by atoms with Crippen LogP contribution >= 0.6 is 0 Å². The van der Waals surface area contributed by atoms with Crippen LogP contribution in [0.2, 0.25) is 0 Å². The molecule has 1 aliphatic heterocycles. The Hall–Kier alpha value is -3.42. The molecule has 1 aliphatic rings. The number of aliphatic imine (C=N–C) groups is 1. The second-order valence-corrected chi connectivity index (χ2v) is 6.37. The molecule has 142 valence electrons. The number of hydrogen-bond donors (Lipinski definition) is 4. The van der Waals surface area contributed by atoms with E-state index in [-0.39, 0.29) is 19.1 Å². The zero-order chi connectivity index (χ0) is 19.5. The fourth-order valence-electron chi connectivity index (χ4n) is 3.28. The Bertz CT molecular complexity index is 1030. The number of aromatic nitrogens is 1. The van der Waals surface area contributed by atoms with E-state index in [0.29, 0.717) is 16.9 Å². The van der Waals surface area contributed by atoms with Gasteiger partial charge in [0.1, 0.15) is 5.82 Å². The highest BCUT2D eigenvalue weighted by Gasteiger charge is 2.25. The van der Waals surface area contributed by atoms with Crippen LogP contribution in [0, 0.1) is 0 Å². The van der Waals surface area contributed by atoms with Crippen LogP contribution in [0.3, 0.4) is 0 Å². The molecule has 1 unspecified atom stereocenters. The lowest BCUT2D eigenvalue weighted by atomic mass is 10.0. The van der Waals surface area contributed by atoms with E-state index >= 15 is 0 Å². The lowest BCUT2D eigenvalue weighted by Gasteiger charge is -2.18. The van der Waals surface area contributed by atoms with Crippen LogP contribution in [0.15, 0.2) is 65.8 Å². The van der Waals surface area contributed by atoms with Crippen LogP contribution in [0.25, 0.3) is 16.8 Å². The summed E-state index contributed by atoms with van der Waals surface area (Å²) in [4.78, 5) is 16.7. The highest BCUT2D eigenvalue weighted by molar-refractivity contribution is 5.95. The van der Waals surface area contributed by atoms with Gasteiger partial charge in [-0.2, -0.15) is 0 Å². The van der Waals surface area contributed by atoms with Gasteiger partial charge in [0.15, 0.2) is 6.23 Å². The number of nitrogens with one attached hydrogen (secondary N) is 2. The molecule has 7 heteroatoms. The van der Waals surface area contributed by atoms with Gasteiger partial charge in [-0.25, -0.2) is 4.99 Å². The van der Waals surface area contributed by atoms with Crippen molar-refractivity contribution < 1.29 is 15.0 Å². The largest absolute Gasteiger partial charge is 0.395 e. The van der Waals surface area contributed by atoms with Gasteiger partial charge in [-0.3, -0.25) is 4.79 Å². The van der Waals surface area contributed by atoms with E-state index < -0.39 is 6.23 Å². The minimum atomic E-state index is -0.903. The first-order chi connectivity index (χ1) is 13.7. The number of aliphatic hydroxyl groups excluding tert-OH is 2. The minimum Gasteiger partial charge on any atom is -0.395 e. The fraction of sp³-hybridized carbons (Fsp3) is 0.143. The standard InChI is InChI=1S/C21H20N4O3/c26-10-9-22-20(27)15-6-4-5-14(11-15)17-12-25(16-7-2-1-3-8-16)19-18(17)21(28)24-13-23-19/h1-8,11-13,21,26,28H,9-10H2,(H,22,27)(H,23,24). The fourth-order valence-corrected chi connectivity index (χ4v) is 3.28. The molecule has 4 N–H and O–H groups in total. The van der Waals surface area contributed by atoms with Crippen molar-refractivity contribution in [3.05, 3.63) is 71.9 Å². The van der Waals surface area contributed by atoms with Gasteiger partial charge in [-0.15, -0.1) is 0 Å². The summed E-state index contributed by atoms with van der Waals surface area (Å²) < 4.78 is 1.92. The molecule has 1 amide bonds. The summed E-state index contributed by atoms with van der Waals surface area (Å²) in [6.45, 7) is 0.0783. The molecule has 0 spiro atoms. The molecule has 0 radical (unpaired) electrons. The Kier molecular flexibility index (Phi) is 4.92. The summed E-state index contributed by atoms with van der Waals surface area (Å²) in [6.07, 6.45) is 2.49. The highest BCUT2D eigenvalue weighted by atomic mass is 16.3. The van der Waals surface area contributed by atoms with Crippen LogP contribution < -0.4 is 10.6 Å². The van der Waals surface area contributed by atoms with E-state index in [4.69, 9.17) is 5.11 Å². The Morgan fingerprint density at radius 1 is 1.18 bits per heavy atom. The summed E-state index contributed by atoms with van der Waals surface area (Å²) in [7, 11) is 0. The Morgan fingerprint density at radius 2 is 2.00 bits per heavy atom. The van der Waals surface area contributed by atoms with Crippen LogP contribution in [-0.2, 0) is 0 Å². The smallest absolute Gasteiger partial charge is 0.251 e. The monoisotopic (exact) mass is 376 g/mol. The number of carbonyl (C=O) groups is 1. The Labute approximate surface area is 162 Å². The quantitative estimate of drug-likeness (QED) is 0.548. The maximum atomic E-state index is 12.3. The van der Waals surface area contributed by atoms with Gasteiger partial charge in [-0.05, 0) is 29.8 Å². The molecule has 2 aromatic carbocycles. The van der Waals surface area contributed by atoms with Crippen molar-refractivity contribution >= 4 is 18.1 Å². The zero-order valence-corrected chi connectivity index (χ0v) is 15.0. The van der Waals surface area contributed by atoms with Gasteiger partial charge in [0, 0.05) is 29.6 Å². The summed E-state index contributed by atoms with van der Waals surface area (Å²) in [5.41, 5.74) is 3.63. The van der Waals surface area contributed by atoms with Crippen LogP contribution in [0.4, 0.5) is 5.82 Å². The van der Waals surface area contributed by atoms with Crippen LogP contribution in [0.1, 0.15) is 22.1 Å². The molecule has 0 fully saturated rings. The molecule has 0 saturated carbocycles. The van der Waals surface area contributed by atoms with Gasteiger partial charge in [0.05, 0.1) is 18.5 Å². The van der Waals surface area contributed by atoms with E-state index in [9.17, 15) is 9.90 Å². The molecular weight excluding hydrogens is 356 g/mol. The lowest BCUT2D eigenvalue weighted by Crippen LogP contribution is -2.26. The van der Waals surface area contributed by atoms with E-state index in [1.165, 1.54) is 6.34 Å². The number of aliphatic hydroxyl groups is 2. The zero-order valence-electron chi connectivity index (χ0n) is 15.0. The number of benzene rings is 2. The van der Waals surface area contributed by atoms with Gasteiger partial charge in [0.2, 0.25) is 0 Å². The van der Waals surface area contributed by atoms with E-state index in [1.54, 1.807) is 18.2 Å². The number of carbonyl (C=O) groups excluding carboxylic acids is 1. The van der Waals surface area contributed by atoms with Gasteiger partial charge >= 0.3 is 0 Å². The van der Waals surface area contributed by atoms with Crippen molar-refractivity contribution in [2.24, 2.45) is 4.99 Å². The average Bonchev–Trinajstić information content (AvgIpc) is 3.14. The van der Waals surface area contributed by atoms with Crippen LogP contribution in [-0.4, -0.2) is 40.2 Å². The molecular formula is C21H20N4O3. The molecule has 0 saturated heterocycles. The van der Waals surface area contributed by atoms with Crippen LogP contribution in [0.5, 0.6) is 0 Å². The van der Waals surface area contributed by atoms with Crippen molar-refractivity contribution in [3.63, 3.8) is 0 Å². The molecule has 0 aliphatic carbocycles. The third-order valence-corrected chi connectivity index (χ3v) is 4.58. The number of para-hydroxylation sites is 1. The molecule has 1 aromatic heterocycles. The molecule has 7 nitrogen and oxygen atoms in total. The van der Waals surface area contributed by atoms with Crippen molar-refractivity contribution in [1.82, 2.24) is 15.2 Å². The molecule has 3 aromatic rings. The van der Waals surface area contributed by atoms with Crippen molar-refractivity contribution in [1.29, 1.82) is 0 Å². The van der Waals surface area contributed by atoms with Gasteiger partial charge in [-0.1, -0.05) is 30.3 Å². The third-order valence-electron chi connectivity index (χ3n) is 4.58. The van der Waals surface area contributed by atoms with Crippen molar-refractivity contribution in [2.45, 2.75) is 6.23 Å². The Balaban J connectivity index is 1.82. The second kappa shape index (κ2) is 7.67. The normalized spacial score (nSPS) is 15.0. The minimum absolute atomic E-state index is 0.116. The predicted molar refractivity (Wildman–Crippen MR) is 107 cm³/mol. The first kappa shape index (κ1) is 18.0. The highest BCUT2D eigenvalue weighted by Crippen LogP contribution is 2.40. The van der Waals surface area contributed by atoms with E-state index in [0.717, 1.165) is 16.8 Å². The molecule has 4 rings (SSSR count). The van der Waals surface area contributed by atoms with E-state index in [1.807, 2.05) is 47.2 Å². The third kappa shape index (κ3) is 3.28. The molecule has 0 bridgehead atoms. The summed E-state index contributed by atoms with van der Waals surface area (Å²) in [5.74, 6) is 0.381. The first-order valence-electron chi connectivity index (χ1n) is 8.96. The predicted octanol–water partition coefficient (Wildman–Crippen LogP) is 2.12. The topological polar surface area (TPSA) is 98.9 Å². The first-order valence-corrected chi connectivity index (χ1v) is 8.96. The summed E-state index contributed by atoms with van der Waals surface area (Å²) in [5, 5.41) is 24.9. The number of nitrogens with zero attached hydrogens (tertiary/aromatic N) is 2. The van der Waals surface area contributed by atoms with Gasteiger partial charge < -0.3 is 25.4 Å². The SMILES string of the molecule is O=C(NCCO)c1cccc(-c2cn(-c3ccccc3)c3c2C(O)NC=N3)c1. The van der Waals surface area contributed by atoms with Crippen molar-refractivity contribution in [3.8, 4) is 16.8 Å². The van der Waals surface area contributed by atoms with Crippen molar-refractivity contribution in [2.75, 3.05) is 13.2 Å². The summed E-state index contributed by atoms with van der Waals surface area (Å²) >= 11 is 0. The number of hydrogen-bond acceptors (Lipinski definition) is 5. The van der Waals surface area contributed by atoms with E-state index in [2.05, 4.69) is 15.6 Å². The number of fused-ring (bicyclic) bond motifs is 1. The maximum Gasteiger partial charge on any atom is 0.251 e.